The molecule has 1 aliphatic rings. The number of nitrogens with one attached hydrogen (secondary N) is 1. The van der Waals surface area contributed by atoms with Gasteiger partial charge in [0.15, 0.2) is 6.10 Å². The number of alkyl carbamates (subject to hydrolysis) is 1. The second-order valence-corrected chi connectivity index (χ2v) is 5.92. The van der Waals surface area contributed by atoms with Crippen LogP contribution in [-0.2, 0) is 4.74 Å². The summed E-state index contributed by atoms with van der Waals surface area (Å²) >= 11 is 0. The van der Waals surface area contributed by atoms with Gasteiger partial charge in [0.25, 0.3) is 5.91 Å². The number of carbonyl (C=O) groups excluding carboxylic acids is 2. The summed E-state index contributed by atoms with van der Waals surface area (Å²) in [7, 11) is 0. The normalized spacial score (nSPS) is 16.6. The predicted octanol–water partition coefficient (Wildman–Crippen LogP) is 1.61. The van der Waals surface area contributed by atoms with E-state index in [1.54, 1.807) is 24.4 Å². The molecule has 2 heterocycles. The molecule has 132 valence electrons. The maximum absolute atomic E-state index is 11.7. The van der Waals surface area contributed by atoms with E-state index in [0.29, 0.717) is 28.9 Å². The molecule has 1 aromatic heterocycles. The molecule has 1 fully saturated rings. The number of hydrogen-bond donors (Lipinski definition) is 2. The molecule has 0 saturated carbocycles. The van der Waals surface area contributed by atoms with Gasteiger partial charge >= 0.3 is 6.09 Å². The third-order valence-corrected chi connectivity index (χ3v) is 3.60. The standard InChI is InChI=1S/C17H19N3O5/c1-9(2)24-15-6-11-13(5-12(15)16(18)21)19-4-3-14(11)23-8-10-7-20-17(22)25-10/h3-6,9-10H,7-8H2,1-2H3,(H2,18,21)(H,20,22). The fourth-order valence-corrected chi connectivity index (χ4v) is 2.53. The number of hydrogen-bond acceptors (Lipinski definition) is 6. The van der Waals surface area contributed by atoms with Crippen LogP contribution in [-0.4, -0.2) is 42.3 Å². The van der Waals surface area contributed by atoms with Crippen molar-refractivity contribution in [3.05, 3.63) is 30.0 Å². The van der Waals surface area contributed by atoms with E-state index in [4.69, 9.17) is 19.9 Å². The summed E-state index contributed by atoms with van der Waals surface area (Å²) < 4.78 is 16.5. The molecule has 2 amide bonds. The molecule has 1 aliphatic heterocycles. The molecule has 25 heavy (non-hydrogen) atoms. The topological polar surface area (TPSA) is 113 Å². The minimum absolute atomic E-state index is 0.124. The number of primary amides is 1. The zero-order valence-electron chi connectivity index (χ0n) is 13.9. The summed E-state index contributed by atoms with van der Waals surface area (Å²) in [4.78, 5) is 27.0. The Hall–Kier alpha value is -3.03. The Bertz CT molecular complexity index is 821. The lowest BCUT2D eigenvalue weighted by Gasteiger charge is -2.16. The van der Waals surface area contributed by atoms with Gasteiger partial charge in [-0.2, -0.15) is 0 Å². The Morgan fingerprint density at radius 2 is 2.24 bits per heavy atom. The highest BCUT2D eigenvalue weighted by Crippen LogP contribution is 2.31. The van der Waals surface area contributed by atoms with E-state index >= 15 is 0 Å². The van der Waals surface area contributed by atoms with Gasteiger partial charge in [-0.25, -0.2) is 4.79 Å². The largest absolute Gasteiger partial charge is 0.490 e. The van der Waals surface area contributed by atoms with Crippen LogP contribution in [0.5, 0.6) is 11.5 Å². The zero-order chi connectivity index (χ0) is 18.0. The van der Waals surface area contributed by atoms with Crippen LogP contribution in [0.1, 0.15) is 24.2 Å². The lowest BCUT2D eigenvalue weighted by molar-refractivity contribution is 0.0994. The first-order chi connectivity index (χ1) is 11.9. The molecule has 3 N–H and O–H groups in total. The monoisotopic (exact) mass is 345 g/mol. The molecule has 1 atom stereocenters. The number of rotatable bonds is 6. The van der Waals surface area contributed by atoms with Crippen molar-refractivity contribution in [1.29, 1.82) is 0 Å². The highest BCUT2D eigenvalue weighted by atomic mass is 16.6. The summed E-state index contributed by atoms with van der Waals surface area (Å²) in [6.07, 6.45) is 0.643. The Kier molecular flexibility index (Phi) is 4.60. The molecule has 0 radical (unpaired) electrons. The van der Waals surface area contributed by atoms with Gasteiger partial charge in [0.1, 0.15) is 18.1 Å². The number of fused-ring (bicyclic) bond motifs is 1. The minimum Gasteiger partial charge on any atom is -0.490 e. The van der Waals surface area contributed by atoms with E-state index in [2.05, 4.69) is 10.3 Å². The van der Waals surface area contributed by atoms with Crippen molar-refractivity contribution in [2.75, 3.05) is 13.2 Å². The van der Waals surface area contributed by atoms with Crippen LogP contribution in [0, 0.1) is 0 Å². The molecule has 3 rings (SSSR count). The number of cyclic esters (lactones) is 1. The molecule has 1 saturated heterocycles. The van der Waals surface area contributed by atoms with E-state index in [1.807, 2.05) is 13.8 Å². The molecule has 0 bridgehead atoms. The van der Waals surface area contributed by atoms with Crippen LogP contribution in [0.4, 0.5) is 4.79 Å². The molecule has 1 aromatic carbocycles. The summed E-state index contributed by atoms with van der Waals surface area (Å²) in [5, 5.41) is 3.25. The lowest BCUT2D eigenvalue weighted by atomic mass is 10.1. The van der Waals surface area contributed by atoms with Crippen molar-refractivity contribution in [1.82, 2.24) is 10.3 Å². The predicted molar refractivity (Wildman–Crippen MR) is 89.8 cm³/mol. The van der Waals surface area contributed by atoms with Crippen LogP contribution < -0.4 is 20.5 Å². The lowest BCUT2D eigenvalue weighted by Crippen LogP contribution is -2.22. The summed E-state index contributed by atoms with van der Waals surface area (Å²) in [5.41, 5.74) is 6.26. The molecular formula is C17H19N3O5. The Morgan fingerprint density at radius 3 is 2.88 bits per heavy atom. The van der Waals surface area contributed by atoms with E-state index in [-0.39, 0.29) is 24.4 Å². The van der Waals surface area contributed by atoms with Crippen LogP contribution in [0.15, 0.2) is 24.4 Å². The Morgan fingerprint density at radius 1 is 1.44 bits per heavy atom. The van der Waals surface area contributed by atoms with Crippen LogP contribution in [0.25, 0.3) is 10.9 Å². The van der Waals surface area contributed by atoms with Crippen molar-refractivity contribution in [3.63, 3.8) is 0 Å². The van der Waals surface area contributed by atoms with Crippen molar-refractivity contribution in [2.45, 2.75) is 26.1 Å². The molecule has 0 spiro atoms. The van der Waals surface area contributed by atoms with E-state index in [9.17, 15) is 9.59 Å². The first-order valence-corrected chi connectivity index (χ1v) is 7.90. The van der Waals surface area contributed by atoms with Gasteiger partial charge in [0.2, 0.25) is 0 Å². The van der Waals surface area contributed by atoms with E-state index in [1.165, 1.54) is 0 Å². The number of nitrogens with two attached hydrogens (primary N) is 1. The second kappa shape index (κ2) is 6.84. The quantitative estimate of drug-likeness (QED) is 0.822. The fraction of sp³-hybridized carbons (Fsp3) is 0.353. The maximum Gasteiger partial charge on any atom is 0.407 e. The van der Waals surface area contributed by atoms with Crippen LogP contribution in [0.3, 0.4) is 0 Å². The SMILES string of the molecule is CC(C)Oc1cc2c(OCC3CNC(=O)O3)ccnc2cc1C(N)=O. The number of benzene rings is 1. The average Bonchev–Trinajstić information content (AvgIpc) is 2.97. The third-order valence-electron chi connectivity index (χ3n) is 3.60. The molecule has 1 unspecified atom stereocenters. The average molecular weight is 345 g/mol. The Balaban J connectivity index is 1.93. The number of aromatic nitrogens is 1. The molecule has 0 aliphatic carbocycles. The number of nitrogens with zero attached hydrogens (tertiary/aromatic N) is 1. The molecule has 2 aromatic rings. The van der Waals surface area contributed by atoms with Crippen molar-refractivity contribution < 1.29 is 23.8 Å². The summed E-state index contributed by atoms with van der Waals surface area (Å²) in [6, 6.07) is 4.98. The second-order valence-electron chi connectivity index (χ2n) is 5.92. The highest BCUT2D eigenvalue weighted by molar-refractivity contribution is 6.01. The first kappa shape index (κ1) is 16.8. The molecule has 8 heteroatoms. The number of pyridine rings is 1. The maximum atomic E-state index is 11.7. The van der Waals surface area contributed by atoms with Gasteiger partial charge in [-0.05, 0) is 32.0 Å². The van der Waals surface area contributed by atoms with Gasteiger partial charge in [-0.15, -0.1) is 0 Å². The van der Waals surface area contributed by atoms with Gasteiger partial charge in [-0.3, -0.25) is 9.78 Å². The van der Waals surface area contributed by atoms with Gasteiger partial charge in [0, 0.05) is 11.6 Å². The molecular weight excluding hydrogens is 326 g/mol. The number of carbonyl (C=O) groups is 2. The van der Waals surface area contributed by atoms with E-state index < -0.39 is 12.0 Å². The zero-order valence-corrected chi connectivity index (χ0v) is 13.9. The van der Waals surface area contributed by atoms with Crippen molar-refractivity contribution in [3.8, 4) is 11.5 Å². The first-order valence-electron chi connectivity index (χ1n) is 7.90. The number of amides is 2. The smallest absolute Gasteiger partial charge is 0.407 e. The van der Waals surface area contributed by atoms with Crippen molar-refractivity contribution in [2.24, 2.45) is 5.73 Å². The fourth-order valence-electron chi connectivity index (χ4n) is 2.53. The van der Waals surface area contributed by atoms with Gasteiger partial charge < -0.3 is 25.3 Å². The Labute approximate surface area is 144 Å². The van der Waals surface area contributed by atoms with Gasteiger partial charge in [-0.1, -0.05) is 0 Å². The summed E-state index contributed by atoms with van der Waals surface area (Å²) in [6.45, 7) is 4.32. The van der Waals surface area contributed by atoms with Gasteiger partial charge in [0.05, 0.1) is 23.7 Å². The number of ether oxygens (including phenoxy) is 3. The summed E-state index contributed by atoms with van der Waals surface area (Å²) in [5.74, 6) is 0.342. The molecule has 8 nitrogen and oxygen atoms in total. The van der Waals surface area contributed by atoms with Crippen LogP contribution in [0.2, 0.25) is 0 Å². The highest BCUT2D eigenvalue weighted by Gasteiger charge is 2.23. The van der Waals surface area contributed by atoms with E-state index in [0.717, 1.165) is 0 Å². The minimum atomic E-state index is -0.588. The van der Waals surface area contributed by atoms with Crippen LogP contribution >= 0.6 is 0 Å². The third kappa shape index (κ3) is 3.73. The van der Waals surface area contributed by atoms with Crippen molar-refractivity contribution >= 4 is 22.9 Å².